The summed E-state index contributed by atoms with van der Waals surface area (Å²) < 4.78 is 31.5. The molecular weight excluding hydrogens is 446 g/mol. The van der Waals surface area contributed by atoms with Crippen molar-refractivity contribution in [3.8, 4) is 0 Å². The number of nitrogens with zero attached hydrogens (tertiary/aromatic N) is 1. The van der Waals surface area contributed by atoms with Gasteiger partial charge < -0.3 is 10.1 Å². The van der Waals surface area contributed by atoms with Crippen molar-refractivity contribution in [3.05, 3.63) is 28.8 Å². The number of nitrogens with one attached hydrogen (secondary N) is 2. The van der Waals surface area contributed by atoms with Crippen LogP contribution in [-0.2, 0) is 19.6 Å². The lowest BCUT2D eigenvalue weighted by molar-refractivity contribution is -0.123. The average Bonchev–Trinajstić information content (AvgIpc) is 2.73. The van der Waals surface area contributed by atoms with E-state index in [1.165, 1.54) is 16.4 Å². The molecule has 2 N–H and O–H groups in total. The van der Waals surface area contributed by atoms with Gasteiger partial charge in [0.1, 0.15) is 0 Å². The summed E-state index contributed by atoms with van der Waals surface area (Å²) in [5.41, 5.74) is -0.186. The topological polar surface area (TPSA) is 122 Å². The van der Waals surface area contributed by atoms with E-state index in [1.807, 2.05) is 0 Å². The molecule has 9 nitrogen and oxygen atoms in total. The van der Waals surface area contributed by atoms with Crippen molar-refractivity contribution < 1.29 is 27.5 Å². The molecule has 1 aromatic carbocycles. The molecule has 172 valence electrons. The molecule has 11 heteroatoms. The van der Waals surface area contributed by atoms with E-state index in [1.54, 1.807) is 13.8 Å². The summed E-state index contributed by atoms with van der Waals surface area (Å²) in [6.07, 6.45) is 4.92. The van der Waals surface area contributed by atoms with Crippen molar-refractivity contribution in [3.63, 3.8) is 0 Å². The Kier molecular flexibility index (Phi) is 9.27. The highest BCUT2D eigenvalue weighted by Gasteiger charge is 2.25. The lowest BCUT2D eigenvalue weighted by Gasteiger charge is -2.22. The zero-order valence-corrected chi connectivity index (χ0v) is 19.2. The van der Waals surface area contributed by atoms with Crippen LogP contribution in [0.5, 0.6) is 0 Å². The Labute approximate surface area is 187 Å². The van der Waals surface area contributed by atoms with Gasteiger partial charge in [-0.2, -0.15) is 4.31 Å². The van der Waals surface area contributed by atoms with Gasteiger partial charge in [0, 0.05) is 19.1 Å². The van der Waals surface area contributed by atoms with Crippen LogP contribution in [0.15, 0.2) is 23.1 Å². The molecule has 1 aromatic rings. The van der Waals surface area contributed by atoms with Crippen LogP contribution in [-0.4, -0.2) is 56.4 Å². The summed E-state index contributed by atoms with van der Waals surface area (Å²) in [5, 5.41) is 4.82. The van der Waals surface area contributed by atoms with Crippen LogP contribution in [0.1, 0.15) is 56.3 Å². The van der Waals surface area contributed by atoms with E-state index in [0.717, 1.165) is 38.2 Å². The third-order valence-electron chi connectivity index (χ3n) is 5.03. The number of ether oxygens (including phenoxy) is 1. The van der Waals surface area contributed by atoms with Gasteiger partial charge in [0.2, 0.25) is 10.0 Å². The number of halogens is 1. The number of sulfonamides is 1. The Bertz CT molecular complexity index is 911. The maximum Gasteiger partial charge on any atom is 0.340 e. The van der Waals surface area contributed by atoms with E-state index >= 15 is 0 Å². The van der Waals surface area contributed by atoms with Crippen LogP contribution >= 0.6 is 11.6 Å². The molecule has 0 aromatic heterocycles. The van der Waals surface area contributed by atoms with E-state index in [2.05, 4.69) is 10.6 Å². The quantitative estimate of drug-likeness (QED) is 0.560. The van der Waals surface area contributed by atoms with Gasteiger partial charge in [0.25, 0.3) is 5.91 Å². The fraction of sp³-hybridized carbons (Fsp3) is 0.550. The number of hydrogen-bond acceptors (Lipinski definition) is 6. The summed E-state index contributed by atoms with van der Waals surface area (Å²) in [4.78, 5) is 36.1. The molecule has 0 bridgehead atoms. The predicted molar refractivity (Wildman–Crippen MR) is 115 cm³/mol. The zero-order valence-electron chi connectivity index (χ0n) is 17.6. The van der Waals surface area contributed by atoms with E-state index in [9.17, 15) is 22.8 Å². The summed E-state index contributed by atoms with van der Waals surface area (Å²) in [5.74, 6) is -1.77. The second-order valence-electron chi connectivity index (χ2n) is 7.16. The van der Waals surface area contributed by atoms with Gasteiger partial charge in [-0.15, -0.1) is 0 Å². The molecule has 0 radical (unpaired) electrons. The van der Waals surface area contributed by atoms with Crippen molar-refractivity contribution in [2.24, 2.45) is 0 Å². The molecule has 0 heterocycles. The number of urea groups is 1. The monoisotopic (exact) mass is 473 g/mol. The maximum atomic E-state index is 12.7. The normalized spacial score (nSPS) is 14.8. The van der Waals surface area contributed by atoms with Gasteiger partial charge in [0.05, 0.1) is 15.5 Å². The minimum absolute atomic E-state index is 0.0149. The number of amides is 3. The Morgan fingerprint density at radius 2 is 1.77 bits per heavy atom. The molecule has 31 heavy (non-hydrogen) atoms. The minimum Gasteiger partial charge on any atom is -0.452 e. The molecule has 2 rings (SSSR count). The third kappa shape index (κ3) is 6.91. The smallest absolute Gasteiger partial charge is 0.340 e. The molecule has 1 aliphatic rings. The number of esters is 1. The number of rotatable bonds is 8. The van der Waals surface area contributed by atoms with Crippen LogP contribution in [0.3, 0.4) is 0 Å². The van der Waals surface area contributed by atoms with Crippen LogP contribution in [0.2, 0.25) is 5.02 Å². The molecule has 0 unspecified atom stereocenters. The number of hydrogen-bond donors (Lipinski definition) is 2. The molecule has 3 amide bonds. The van der Waals surface area contributed by atoms with E-state index < -0.39 is 34.5 Å². The summed E-state index contributed by atoms with van der Waals surface area (Å²) in [6, 6.07) is 3.09. The standard InChI is InChI=1S/C20H28ClN3O6S/c1-3-24(4-2)31(28,29)15-10-11-17(21)16(12-15)19(26)30-13-18(25)23-20(27)22-14-8-6-5-7-9-14/h10-12,14H,3-9,13H2,1-2H3,(H2,22,23,25,27). The van der Waals surface area contributed by atoms with E-state index in [4.69, 9.17) is 16.3 Å². The first kappa shape index (κ1) is 25.1. The van der Waals surface area contributed by atoms with Crippen molar-refractivity contribution in [1.82, 2.24) is 14.9 Å². The average molecular weight is 474 g/mol. The van der Waals surface area contributed by atoms with Gasteiger partial charge in [-0.05, 0) is 31.0 Å². The van der Waals surface area contributed by atoms with Crippen molar-refractivity contribution in [2.75, 3.05) is 19.7 Å². The zero-order chi connectivity index (χ0) is 23.0. The Morgan fingerprint density at radius 3 is 2.39 bits per heavy atom. The molecule has 0 spiro atoms. The number of carbonyl (C=O) groups is 3. The molecule has 0 atom stereocenters. The highest BCUT2D eigenvalue weighted by atomic mass is 35.5. The highest BCUT2D eigenvalue weighted by molar-refractivity contribution is 7.89. The Morgan fingerprint density at radius 1 is 1.13 bits per heavy atom. The maximum absolute atomic E-state index is 12.7. The summed E-state index contributed by atoms with van der Waals surface area (Å²) in [7, 11) is -3.80. The van der Waals surface area contributed by atoms with E-state index in [-0.39, 0.29) is 34.6 Å². The van der Waals surface area contributed by atoms with Crippen molar-refractivity contribution >= 4 is 39.5 Å². The first-order valence-electron chi connectivity index (χ1n) is 10.3. The van der Waals surface area contributed by atoms with Gasteiger partial charge >= 0.3 is 12.0 Å². The molecule has 0 aliphatic heterocycles. The Hall–Kier alpha value is -2.17. The fourth-order valence-corrected chi connectivity index (χ4v) is 5.05. The van der Waals surface area contributed by atoms with Crippen LogP contribution in [0, 0.1) is 0 Å². The number of imide groups is 1. The molecule has 1 saturated carbocycles. The molecule has 0 saturated heterocycles. The first-order chi connectivity index (χ1) is 14.7. The van der Waals surface area contributed by atoms with Crippen LogP contribution in [0.25, 0.3) is 0 Å². The first-order valence-corrected chi connectivity index (χ1v) is 12.1. The summed E-state index contributed by atoms with van der Waals surface area (Å²) >= 11 is 6.02. The van der Waals surface area contributed by atoms with Crippen molar-refractivity contribution in [1.29, 1.82) is 0 Å². The SMILES string of the molecule is CCN(CC)S(=O)(=O)c1ccc(Cl)c(C(=O)OCC(=O)NC(=O)NC2CCCCC2)c1. The minimum atomic E-state index is -3.80. The number of benzene rings is 1. The van der Waals surface area contributed by atoms with Gasteiger partial charge in [0.15, 0.2) is 6.61 Å². The van der Waals surface area contributed by atoms with Gasteiger partial charge in [-0.3, -0.25) is 10.1 Å². The number of carbonyl (C=O) groups excluding carboxylic acids is 3. The highest BCUT2D eigenvalue weighted by Crippen LogP contribution is 2.23. The van der Waals surface area contributed by atoms with Crippen molar-refractivity contribution in [2.45, 2.75) is 56.9 Å². The predicted octanol–water partition coefficient (Wildman–Crippen LogP) is 2.69. The third-order valence-corrected chi connectivity index (χ3v) is 7.40. The largest absolute Gasteiger partial charge is 0.452 e. The van der Waals surface area contributed by atoms with Crippen LogP contribution in [0.4, 0.5) is 4.79 Å². The van der Waals surface area contributed by atoms with Gasteiger partial charge in [-0.25, -0.2) is 18.0 Å². The lowest BCUT2D eigenvalue weighted by atomic mass is 9.96. The second kappa shape index (κ2) is 11.4. The molecular formula is C20H28ClN3O6S. The lowest BCUT2D eigenvalue weighted by Crippen LogP contribution is -2.46. The molecule has 1 fully saturated rings. The fourth-order valence-electron chi connectivity index (χ4n) is 3.37. The second-order valence-corrected chi connectivity index (χ2v) is 9.51. The van der Waals surface area contributed by atoms with Gasteiger partial charge in [-0.1, -0.05) is 44.7 Å². The Balaban J connectivity index is 1.97. The van der Waals surface area contributed by atoms with E-state index in [0.29, 0.717) is 0 Å². The summed E-state index contributed by atoms with van der Waals surface area (Å²) in [6.45, 7) is 3.24. The molecule has 1 aliphatic carbocycles. The van der Waals surface area contributed by atoms with Crippen LogP contribution < -0.4 is 10.6 Å².